The van der Waals surface area contributed by atoms with Crippen LogP contribution in [0.25, 0.3) is 0 Å². The summed E-state index contributed by atoms with van der Waals surface area (Å²) in [5.41, 5.74) is 0.518. The van der Waals surface area contributed by atoms with Crippen molar-refractivity contribution in [1.29, 1.82) is 0 Å². The van der Waals surface area contributed by atoms with Crippen molar-refractivity contribution in [2.45, 2.75) is 44.6 Å². The highest BCUT2D eigenvalue weighted by atomic mass is 35.5. The Morgan fingerprint density at radius 2 is 1.60 bits per heavy atom. The van der Waals surface area contributed by atoms with Crippen molar-refractivity contribution < 1.29 is 9.59 Å². The molecule has 9 heteroatoms. The van der Waals surface area contributed by atoms with Crippen molar-refractivity contribution in [2.75, 3.05) is 27.2 Å². The maximum Gasteiger partial charge on any atom is 0.242 e. The van der Waals surface area contributed by atoms with E-state index in [2.05, 4.69) is 29.4 Å². The lowest BCUT2D eigenvalue weighted by atomic mass is 9.92. The molecule has 0 aromatic heterocycles. The lowest BCUT2D eigenvalue weighted by Crippen LogP contribution is -2.52. The smallest absolute Gasteiger partial charge is 0.242 e. The number of hydrogen-bond acceptors (Lipinski definition) is 3. The van der Waals surface area contributed by atoms with E-state index in [1.165, 1.54) is 0 Å². The SMILES string of the molecule is CN(C)CC(C)(C)CNC(=O)[C@H](Cc1ccc(Cl)cc1Cl)NC(=O)C1(c2ccc(Cl)cc2Cl)CC1. The molecule has 0 unspecified atom stereocenters. The lowest BCUT2D eigenvalue weighted by Gasteiger charge is -2.30. The van der Waals surface area contributed by atoms with Gasteiger partial charge in [0.2, 0.25) is 11.8 Å². The van der Waals surface area contributed by atoms with Crippen molar-refractivity contribution in [3.8, 4) is 0 Å². The van der Waals surface area contributed by atoms with E-state index in [1.54, 1.807) is 36.4 Å². The predicted molar refractivity (Wildman–Crippen MR) is 145 cm³/mol. The summed E-state index contributed by atoms with van der Waals surface area (Å²) in [5.74, 6) is -0.506. The number of hydrogen-bond donors (Lipinski definition) is 2. The van der Waals surface area contributed by atoms with E-state index in [0.717, 1.165) is 17.7 Å². The molecule has 0 saturated heterocycles. The average molecular weight is 559 g/mol. The van der Waals surface area contributed by atoms with E-state index in [4.69, 9.17) is 46.4 Å². The first-order valence-electron chi connectivity index (χ1n) is 11.5. The topological polar surface area (TPSA) is 61.4 Å². The molecule has 0 bridgehead atoms. The Morgan fingerprint density at radius 3 is 2.14 bits per heavy atom. The van der Waals surface area contributed by atoms with E-state index in [0.29, 0.717) is 39.5 Å². The Balaban J connectivity index is 1.82. The molecule has 0 radical (unpaired) electrons. The van der Waals surface area contributed by atoms with Gasteiger partial charge in [0.25, 0.3) is 0 Å². The van der Waals surface area contributed by atoms with Crippen LogP contribution in [-0.4, -0.2) is 49.9 Å². The molecule has 2 aromatic rings. The van der Waals surface area contributed by atoms with Crippen LogP contribution >= 0.6 is 46.4 Å². The average Bonchev–Trinajstić information content (AvgIpc) is 3.54. The van der Waals surface area contributed by atoms with Crippen molar-refractivity contribution >= 4 is 58.2 Å². The number of nitrogens with one attached hydrogen (secondary N) is 2. The van der Waals surface area contributed by atoms with Crippen molar-refractivity contribution in [3.05, 3.63) is 67.6 Å². The van der Waals surface area contributed by atoms with E-state index in [-0.39, 0.29) is 23.7 Å². The molecule has 1 saturated carbocycles. The van der Waals surface area contributed by atoms with Crippen molar-refractivity contribution in [2.24, 2.45) is 5.41 Å². The first-order valence-corrected chi connectivity index (χ1v) is 13.0. The number of benzene rings is 2. The van der Waals surface area contributed by atoms with Crippen molar-refractivity contribution in [3.63, 3.8) is 0 Å². The fraction of sp³-hybridized carbons (Fsp3) is 0.462. The summed E-state index contributed by atoms with van der Waals surface area (Å²) < 4.78 is 0. The summed E-state index contributed by atoms with van der Waals surface area (Å²) >= 11 is 24.9. The second-order valence-electron chi connectivity index (χ2n) is 10.3. The molecule has 2 aromatic carbocycles. The highest BCUT2D eigenvalue weighted by molar-refractivity contribution is 6.35. The molecule has 2 N–H and O–H groups in total. The molecule has 1 atom stereocenters. The second-order valence-corrected chi connectivity index (χ2v) is 12.0. The van der Waals surface area contributed by atoms with Gasteiger partial charge in [0.15, 0.2) is 0 Å². The number of rotatable bonds is 10. The number of halogens is 4. The van der Waals surface area contributed by atoms with E-state index >= 15 is 0 Å². The minimum absolute atomic E-state index is 0.153. The molecule has 1 aliphatic rings. The number of carbonyl (C=O) groups is 2. The van der Waals surface area contributed by atoms with Gasteiger partial charge in [0.05, 0.1) is 5.41 Å². The van der Waals surface area contributed by atoms with Crippen LogP contribution in [0.2, 0.25) is 20.1 Å². The summed E-state index contributed by atoms with van der Waals surface area (Å²) in [5, 5.41) is 7.90. The third-order valence-corrected chi connectivity index (χ3v) is 7.31. The summed E-state index contributed by atoms with van der Waals surface area (Å²) in [6.07, 6.45) is 1.52. The molecule has 1 aliphatic carbocycles. The monoisotopic (exact) mass is 557 g/mol. The molecule has 0 aliphatic heterocycles. The van der Waals surface area contributed by atoms with E-state index < -0.39 is 11.5 Å². The van der Waals surface area contributed by atoms with Gasteiger partial charge in [0.1, 0.15) is 6.04 Å². The molecule has 35 heavy (non-hydrogen) atoms. The van der Waals surface area contributed by atoms with Gasteiger partial charge in [-0.15, -0.1) is 0 Å². The Kier molecular flexibility index (Phi) is 9.04. The molecule has 0 heterocycles. The molecule has 2 amide bonds. The van der Waals surface area contributed by atoms with Crippen LogP contribution in [0, 0.1) is 5.41 Å². The Morgan fingerprint density at radius 1 is 1.00 bits per heavy atom. The second kappa shape index (κ2) is 11.3. The summed E-state index contributed by atoms with van der Waals surface area (Å²) in [6.45, 7) is 5.42. The van der Waals surface area contributed by atoms with Gasteiger partial charge in [-0.1, -0.05) is 72.4 Å². The lowest BCUT2D eigenvalue weighted by molar-refractivity contribution is -0.130. The van der Waals surface area contributed by atoms with E-state index in [1.807, 2.05) is 14.1 Å². The largest absolute Gasteiger partial charge is 0.354 e. The molecular weight excluding hydrogens is 528 g/mol. The van der Waals surface area contributed by atoms with Gasteiger partial charge in [-0.3, -0.25) is 9.59 Å². The zero-order valence-electron chi connectivity index (χ0n) is 20.4. The van der Waals surface area contributed by atoms with Crippen LogP contribution in [0.15, 0.2) is 36.4 Å². The number of carbonyl (C=O) groups excluding carboxylic acids is 2. The van der Waals surface area contributed by atoms with Crippen molar-refractivity contribution in [1.82, 2.24) is 15.5 Å². The highest BCUT2D eigenvalue weighted by Crippen LogP contribution is 2.51. The predicted octanol–water partition coefficient (Wildman–Crippen LogP) is 5.76. The first kappa shape index (κ1) is 28.1. The standard InChI is InChI=1S/C26H31Cl4N3O2/c1-25(2,15-33(3)4)14-31-23(34)22(11-16-5-6-17(27)12-20(16)29)32-24(35)26(9-10-26)19-8-7-18(28)13-21(19)30/h5-8,12-13,22H,9-11,14-15H2,1-4H3,(H,31,34)(H,32,35)/t22-/m0/s1. The number of amides is 2. The normalized spacial score (nSPS) is 15.6. The molecule has 1 fully saturated rings. The molecule has 5 nitrogen and oxygen atoms in total. The summed E-state index contributed by atoms with van der Waals surface area (Å²) in [6, 6.07) is 9.44. The van der Waals surface area contributed by atoms with Gasteiger partial charge in [-0.2, -0.15) is 0 Å². The van der Waals surface area contributed by atoms with Crippen LogP contribution in [0.1, 0.15) is 37.8 Å². The maximum atomic E-state index is 13.5. The zero-order chi connectivity index (χ0) is 26.0. The fourth-order valence-corrected chi connectivity index (χ4v) is 5.47. The Hall–Kier alpha value is -1.50. The fourth-order valence-electron chi connectivity index (χ4n) is 4.40. The molecule has 190 valence electrons. The van der Waals surface area contributed by atoms with E-state index in [9.17, 15) is 9.59 Å². The minimum atomic E-state index is -0.820. The molecule has 3 rings (SSSR count). The molecule has 0 spiro atoms. The van der Waals surface area contributed by atoms with Gasteiger partial charge >= 0.3 is 0 Å². The third-order valence-electron chi connectivity index (χ3n) is 6.18. The van der Waals surface area contributed by atoms with Gasteiger partial charge in [-0.25, -0.2) is 0 Å². The highest BCUT2D eigenvalue weighted by Gasteiger charge is 2.53. The Bertz CT molecular complexity index is 1100. The molecular formula is C26H31Cl4N3O2. The van der Waals surface area contributed by atoms with Gasteiger partial charge in [-0.05, 0) is 67.7 Å². The van der Waals surface area contributed by atoms with Crippen LogP contribution in [-0.2, 0) is 21.4 Å². The maximum absolute atomic E-state index is 13.5. The summed E-state index contributed by atoms with van der Waals surface area (Å²) in [4.78, 5) is 28.9. The number of nitrogens with zero attached hydrogens (tertiary/aromatic N) is 1. The van der Waals surface area contributed by atoms with Crippen LogP contribution in [0.3, 0.4) is 0 Å². The van der Waals surface area contributed by atoms with Gasteiger partial charge < -0.3 is 15.5 Å². The van der Waals surface area contributed by atoms with Crippen LogP contribution < -0.4 is 10.6 Å². The minimum Gasteiger partial charge on any atom is -0.354 e. The first-order chi connectivity index (χ1) is 16.3. The van der Waals surface area contributed by atoms with Crippen LogP contribution in [0.4, 0.5) is 0 Å². The van der Waals surface area contributed by atoms with Crippen LogP contribution in [0.5, 0.6) is 0 Å². The Labute approximate surface area is 227 Å². The zero-order valence-corrected chi connectivity index (χ0v) is 23.4. The summed E-state index contributed by atoms with van der Waals surface area (Å²) in [7, 11) is 3.98. The quantitative estimate of drug-likeness (QED) is 0.389. The van der Waals surface area contributed by atoms with Gasteiger partial charge in [0, 0.05) is 39.6 Å². The third kappa shape index (κ3) is 7.27.